The van der Waals surface area contributed by atoms with Crippen LogP contribution in [0.25, 0.3) is 0 Å². The van der Waals surface area contributed by atoms with E-state index in [2.05, 4.69) is 5.29 Å². The third-order valence-electron chi connectivity index (χ3n) is 1.15. The van der Waals surface area contributed by atoms with Crippen molar-refractivity contribution >= 4 is 5.91 Å². The summed E-state index contributed by atoms with van der Waals surface area (Å²) in [5.41, 5.74) is 0. The van der Waals surface area contributed by atoms with Crippen LogP contribution in [0.4, 0.5) is 0 Å². The molecule has 0 fully saturated rings. The first kappa shape index (κ1) is 9.07. The molecule has 4 heteroatoms. The van der Waals surface area contributed by atoms with Gasteiger partial charge in [-0.15, -0.1) is 4.91 Å². The van der Waals surface area contributed by atoms with Crippen LogP contribution in [0.5, 0.6) is 0 Å². The smallest absolute Gasteiger partial charge is 0.245 e. The normalized spacial score (nSPS) is 9.00. The van der Waals surface area contributed by atoms with E-state index in [0.29, 0.717) is 13.0 Å². The van der Waals surface area contributed by atoms with Crippen molar-refractivity contribution < 1.29 is 4.79 Å². The summed E-state index contributed by atoms with van der Waals surface area (Å²) in [7, 11) is 0. The summed E-state index contributed by atoms with van der Waals surface area (Å²) in [4.78, 5) is 20.7. The topological polar surface area (TPSA) is 49.7 Å². The fraction of sp³-hybridized carbons (Fsp3) is 0.833. The van der Waals surface area contributed by atoms with Crippen LogP contribution in [0, 0.1) is 4.91 Å². The molecule has 58 valence electrons. The first-order valence-electron chi connectivity index (χ1n) is 3.39. The van der Waals surface area contributed by atoms with Gasteiger partial charge in [-0.25, -0.2) is 0 Å². The summed E-state index contributed by atoms with van der Waals surface area (Å²) in [5.74, 6) is -0.194. The number of carbonyl (C=O) groups is 1. The fourth-order valence-corrected chi connectivity index (χ4v) is 0.623. The molecule has 0 aliphatic heterocycles. The number of hydrogen-bond acceptors (Lipinski definition) is 3. The second-order valence-corrected chi connectivity index (χ2v) is 1.94. The van der Waals surface area contributed by atoms with Crippen molar-refractivity contribution in [2.45, 2.75) is 26.7 Å². The van der Waals surface area contributed by atoms with E-state index in [1.165, 1.54) is 0 Å². The number of hydrogen-bond donors (Lipinski definition) is 0. The van der Waals surface area contributed by atoms with Crippen LogP contribution in [0.3, 0.4) is 0 Å². The van der Waals surface area contributed by atoms with Gasteiger partial charge in [0.05, 0.1) is 5.29 Å². The van der Waals surface area contributed by atoms with Crippen LogP contribution >= 0.6 is 0 Å². The maximum absolute atomic E-state index is 10.8. The molecule has 0 spiro atoms. The molecule has 0 aromatic heterocycles. The third kappa shape index (κ3) is 2.57. The van der Waals surface area contributed by atoms with Crippen molar-refractivity contribution in [3.8, 4) is 0 Å². The zero-order valence-corrected chi connectivity index (χ0v) is 6.33. The van der Waals surface area contributed by atoms with E-state index in [9.17, 15) is 9.70 Å². The van der Waals surface area contributed by atoms with Gasteiger partial charge in [0.2, 0.25) is 5.91 Å². The largest absolute Gasteiger partial charge is 0.273 e. The van der Waals surface area contributed by atoms with Crippen LogP contribution in [-0.2, 0) is 4.79 Å². The zero-order valence-electron chi connectivity index (χ0n) is 6.33. The third-order valence-corrected chi connectivity index (χ3v) is 1.15. The Morgan fingerprint density at radius 2 is 2.10 bits per heavy atom. The lowest BCUT2D eigenvalue weighted by Crippen LogP contribution is -2.24. The van der Waals surface area contributed by atoms with E-state index < -0.39 is 0 Å². The number of nitroso groups, excluding NO2 is 1. The van der Waals surface area contributed by atoms with Gasteiger partial charge >= 0.3 is 0 Å². The van der Waals surface area contributed by atoms with Crippen LogP contribution in [0.1, 0.15) is 26.7 Å². The molecule has 0 radical (unpaired) electrons. The predicted octanol–water partition coefficient (Wildman–Crippen LogP) is 1.32. The summed E-state index contributed by atoms with van der Waals surface area (Å²) in [6, 6.07) is 0. The van der Waals surface area contributed by atoms with Crippen LogP contribution < -0.4 is 0 Å². The Balaban J connectivity index is 3.76. The van der Waals surface area contributed by atoms with Crippen molar-refractivity contribution in [2.24, 2.45) is 5.29 Å². The molecule has 0 bridgehead atoms. The first-order valence-corrected chi connectivity index (χ1v) is 3.39. The van der Waals surface area contributed by atoms with Crippen molar-refractivity contribution in [3.05, 3.63) is 4.91 Å². The SMILES string of the molecule is CCCC(=O)N(CC)N=O. The van der Waals surface area contributed by atoms with Crippen LogP contribution in [0.15, 0.2) is 5.29 Å². The average molecular weight is 144 g/mol. The fourth-order valence-electron chi connectivity index (χ4n) is 0.623. The van der Waals surface area contributed by atoms with Crippen molar-refractivity contribution in [1.82, 2.24) is 5.01 Å². The molecule has 0 saturated carbocycles. The van der Waals surface area contributed by atoms with Crippen LogP contribution in [-0.4, -0.2) is 17.5 Å². The Hall–Kier alpha value is -0.930. The summed E-state index contributed by atoms with van der Waals surface area (Å²) in [6.45, 7) is 3.97. The highest BCUT2D eigenvalue weighted by Crippen LogP contribution is 1.96. The molecule has 0 saturated heterocycles. The first-order chi connectivity index (χ1) is 4.76. The van der Waals surface area contributed by atoms with Gasteiger partial charge in [0.15, 0.2) is 0 Å². The molecule has 0 aliphatic rings. The molecule has 0 N–H and O–H groups in total. The Labute approximate surface area is 60.2 Å². The van der Waals surface area contributed by atoms with Gasteiger partial charge in [-0.2, -0.15) is 5.01 Å². The number of carbonyl (C=O) groups excluding carboxylic acids is 1. The van der Waals surface area contributed by atoms with E-state index in [1.54, 1.807) is 6.92 Å². The average Bonchev–Trinajstić information content (AvgIpc) is 1.91. The summed E-state index contributed by atoms with van der Waals surface area (Å²) in [6.07, 6.45) is 1.16. The number of nitrogens with zero attached hydrogens (tertiary/aromatic N) is 2. The van der Waals surface area contributed by atoms with Crippen molar-refractivity contribution in [2.75, 3.05) is 6.54 Å². The minimum atomic E-state index is -0.194. The molecule has 4 nitrogen and oxygen atoms in total. The van der Waals surface area contributed by atoms with Gasteiger partial charge in [0, 0.05) is 13.0 Å². The number of rotatable bonds is 4. The Morgan fingerprint density at radius 3 is 2.40 bits per heavy atom. The highest BCUT2D eigenvalue weighted by molar-refractivity contribution is 5.75. The van der Waals surface area contributed by atoms with Crippen molar-refractivity contribution in [1.29, 1.82) is 0 Å². The molecule has 0 aliphatic carbocycles. The lowest BCUT2D eigenvalue weighted by atomic mass is 10.3. The highest BCUT2D eigenvalue weighted by atomic mass is 16.3. The molecule has 0 unspecified atom stereocenters. The summed E-state index contributed by atoms with van der Waals surface area (Å²) in [5, 5.41) is 3.49. The van der Waals surface area contributed by atoms with Crippen molar-refractivity contribution in [3.63, 3.8) is 0 Å². The Bertz CT molecular complexity index is 125. The van der Waals surface area contributed by atoms with E-state index in [0.717, 1.165) is 11.4 Å². The zero-order chi connectivity index (χ0) is 7.98. The minimum Gasteiger partial charge on any atom is -0.273 e. The standard InChI is InChI=1S/C6H12N2O2/c1-3-5-6(9)8(4-2)7-10/h3-5H2,1-2H3. The molecular formula is C6H12N2O2. The lowest BCUT2D eigenvalue weighted by Gasteiger charge is -2.08. The monoisotopic (exact) mass is 144 g/mol. The quantitative estimate of drug-likeness (QED) is 0.441. The summed E-state index contributed by atoms with van der Waals surface area (Å²) < 4.78 is 0. The van der Waals surface area contributed by atoms with E-state index in [-0.39, 0.29) is 5.91 Å². The molecule has 10 heavy (non-hydrogen) atoms. The maximum atomic E-state index is 10.8. The molecule has 0 aromatic rings. The molecule has 0 atom stereocenters. The molecule has 0 rings (SSSR count). The van der Waals surface area contributed by atoms with E-state index in [4.69, 9.17) is 0 Å². The van der Waals surface area contributed by atoms with E-state index >= 15 is 0 Å². The Kier molecular flexibility index (Phi) is 4.45. The van der Waals surface area contributed by atoms with Gasteiger partial charge in [0.25, 0.3) is 0 Å². The summed E-state index contributed by atoms with van der Waals surface area (Å²) >= 11 is 0. The predicted molar refractivity (Wildman–Crippen MR) is 38.1 cm³/mol. The van der Waals surface area contributed by atoms with Gasteiger partial charge < -0.3 is 0 Å². The Morgan fingerprint density at radius 1 is 1.50 bits per heavy atom. The molecule has 0 heterocycles. The van der Waals surface area contributed by atoms with Crippen LogP contribution in [0.2, 0.25) is 0 Å². The highest BCUT2D eigenvalue weighted by Gasteiger charge is 2.08. The maximum Gasteiger partial charge on any atom is 0.245 e. The second kappa shape index (κ2) is 4.90. The molecule has 1 amide bonds. The number of amides is 1. The second-order valence-electron chi connectivity index (χ2n) is 1.94. The van der Waals surface area contributed by atoms with Gasteiger partial charge in [0.1, 0.15) is 0 Å². The van der Waals surface area contributed by atoms with Gasteiger partial charge in [-0.3, -0.25) is 4.79 Å². The lowest BCUT2D eigenvalue weighted by molar-refractivity contribution is -0.131. The van der Waals surface area contributed by atoms with Gasteiger partial charge in [-0.05, 0) is 13.3 Å². The van der Waals surface area contributed by atoms with Gasteiger partial charge in [-0.1, -0.05) is 6.92 Å². The molecule has 0 aromatic carbocycles. The molecular weight excluding hydrogens is 132 g/mol. The van der Waals surface area contributed by atoms with E-state index in [1.807, 2.05) is 6.92 Å². The minimum absolute atomic E-state index is 0.194.